The molecule has 0 aliphatic carbocycles. The van der Waals surface area contributed by atoms with Gasteiger partial charge in [-0.15, -0.1) is 0 Å². The quantitative estimate of drug-likeness (QED) is 0.778. The predicted octanol–water partition coefficient (Wildman–Crippen LogP) is 4.10. The van der Waals surface area contributed by atoms with Gasteiger partial charge in [-0.3, -0.25) is 4.98 Å². The van der Waals surface area contributed by atoms with Crippen LogP contribution in [0, 0.1) is 6.92 Å². The van der Waals surface area contributed by atoms with Gasteiger partial charge in [0.25, 0.3) is 0 Å². The smallest absolute Gasteiger partial charge is 0.183 e. The molecular weight excluding hydrogens is 254 g/mol. The number of nitrogens with one attached hydrogen (secondary N) is 1. The van der Waals surface area contributed by atoms with Crippen LogP contribution in [0.4, 0.5) is 5.13 Å². The summed E-state index contributed by atoms with van der Waals surface area (Å²) in [6, 6.07) is 10.4. The van der Waals surface area contributed by atoms with Crippen LogP contribution >= 0.6 is 11.3 Å². The molecule has 0 unspecified atom stereocenters. The molecule has 0 bridgehead atoms. The number of rotatable bonds is 3. The van der Waals surface area contributed by atoms with Gasteiger partial charge in [0.05, 0.1) is 10.4 Å². The third-order valence-electron chi connectivity index (χ3n) is 2.94. The van der Waals surface area contributed by atoms with Crippen molar-refractivity contribution in [2.75, 3.05) is 11.9 Å². The number of pyridine rings is 1. The summed E-state index contributed by atoms with van der Waals surface area (Å²) in [6.45, 7) is 5.00. The van der Waals surface area contributed by atoms with E-state index in [0.29, 0.717) is 0 Å². The fraction of sp³-hybridized carbons (Fsp3) is 0.200. The van der Waals surface area contributed by atoms with Crippen LogP contribution in [0.25, 0.3) is 21.3 Å². The molecular formula is C15H15N3S. The highest BCUT2D eigenvalue weighted by molar-refractivity contribution is 7.19. The Labute approximate surface area is 116 Å². The van der Waals surface area contributed by atoms with Gasteiger partial charge in [-0.1, -0.05) is 29.5 Å². The zero-order chi connectivity index (χ0) is 13.2. The first kappa shape index (κ1) is 12.1. The Hall–Kier alpha value is -1.94. The average molecular weight is 269 g/mol. The van der Waals surface area contributed by atoms with Crippen LogP contribution in [0.1, 0.15) is 12.6 Å². The second-order valence-corrected chi connectivity index (χ2v) is 5.42. The van der Waals surface area contributed by atoms with Crippen LogP contribution in [-0.2, 0) is 0 Å². The largest absolute Gasteiger partial charge is 0.362 e. The summed E-state index contributed by atoms with van der Waals surface area (Å²) in [5.41, 5.74) is 3.28. The van der Waals surface area contributed by atoms with E-state index in [1.54, 1.807) is 11.3 Å². The Balaban J connectivity index is 2.17. The first-order valence-electron chi connectivity index (χ1n) is 6.34. The number of nitrogens with zero attached hydrogens (tertiary/aromatic N) is 2. The highest BCUT2D eigenvalue weighted by atomic mass is 32.1. The summed E-state index contributed by atoms with van der Waals surface area (Å²) in [7, 11) is 0. The van der Waals surface area contributed by atoms with E-state index in [-0.39, 0.29) is 0 Å². The van der Waals surface area contributed by atoms with Crippen LogP contribution in [0.15, 0.2) is 36.5 Å². The molecule has 19 heavy (non-hydrogen) atoms. The lowest BCUT2D eigenvalue weighted by atomic mass is 10.1. The summed E-state index contributed by atoms with van der Waals surface area (Å²) >= 11 is 1.68. The van der Waals surface area contributed by atoms with Gasteiger partial charge in [-0.2, -0.15) is 0 Å². The number of anilines is 1. The van der Waals surface area contributed by atoms with Gasteiger partial charge in [0.2, 0.25) is 0 Å². The first-order chi connectivity index (χ1) is 9.28. The van der Waals surface area contributed by atoms with Crippen LogP contribution in [0.3, 0.4) is 0 Å². The van der Waals surface area contributed by atoms with Crippen molar-refractivity contribution in [2.45, 2.75) is 13.8 Å². The summed E-state index contributed by atoms with van der Waals surface area (Å²) in [5.74, 6) is 0. The van der Waals surface area contributed by atoms with E-state index in [9.17, 15) is 0 Å². The Bertz CT molecular complexity index is 718. The molecule has 0 atom stereocenters. The molecule has 2 heterocycles. The molecule has 0 saturated carbocycles. The van der Waals surface area contributed by atoms with Crippen LogP contribution < -0.4 is 5.32 Å². The number of hydrogen-bond acceptors (Lipinski definition) is 4. The second kappa shape index (κ2) is 4.97. The van der Waals surface area contributed by atoms with Crippen molar-refractivity contribution in [2.24, 2.45) is 0 Å². The van der Waals surface area contributed by atoms with E-state index >= 15 is 0 Å². The van der Waals surface area contributed by atoms with Crippen molar-refractivity contribution in [3.05, 3.63) is 42.2 Å². The number of benzene rings is 1. The van der Waals surface area contributed by atoms with Crippen molar-refractivity contribution in [1.29, 1.82) is 0 Å². The van der Waals surface area contributed by atoms with Crippen molar-refractivity contribution < 1.29 is 0 Å². The van der Waals surface area contributed by atoms with Crippen LogP contribution in [0.5, 0.6) is 0 Å². The van der Waals surface area contributed by atoms with E-state index in [1.807, 2.05) is 19.2 Å². The summed E-state index contributed by atoms with van der Waals surface area (Å²) in [6.07, 6.45) is 1.93. The lowest BCUT2D eigenvalue weighted by Gasteiger charge is -2.05. The molecule has 3 rings (SSSR count). The van der Waals surface area contributed by atoms with Gasteiger partial charge >= 0.3 is 0 Å². The zero-order valence-corrected chi connectivity index (χ0v) is 11.8. The molecule has 0 radical (unpaired) electrons. The zero-order valence-electron chi connectivity index (χ0n) is 11.0. The van der Waals surface area contributed by atoms with E-state index in [1.165, 1.54) is 15.8 Å². The number of thiazole rings is 1. The second-order valence-electron chi connectivity index (χ2n) is 4.39. The number of fused-ring (bicyclic) bond motifs is 1. The molecule has 3 nitrogen and oxygen atoms in total. The number of hydrogen-bond donors (Lipinski definition) is 1. The van der Waals surface area contributed by atoms with Crippen molar-refractivity contribution in [3.63, 3.8) is 0 Å². The van der Waals surface area contributed by atoms with E-state index in [0.717, 1.165) is 22.9 Å². The van der Waals surface area contributed by atoms with E-state index < -0.39 is 0 Å². The van der Waals surface area contributed by atoms with Gasteiger partial charge in [0, 0.05) is 29.4 Å². The van der Waals surface area contributed by atoms with Gasteiger partial charge < -0.3 is 5.32 Å². The molecule has 96 valence electrons. The SMILES string of the molecule is CCNc1ncc(-c2cc(C)nc3ccccc23)s1. The molecule has 1 aromatic carbocycles. The maximum Gasteiger partial charge on any atom is 0.183 e. The Morgan fingerprint density at radius 3 is 2.95 bits per heavy atom. The highest BCUT2D eigenvalue weighted by Gasteiger charge is 2.09. The normalized spacial score (nSPS) is 10.8. The minimum atomic E-state index is 0.892. The van der Waals surface area contributed by atoms with Gasteiger partial charge in [-0.25, -0.2) is 4.98 Å². The van der Waals surface area contributed by atoms with Gasteiger partial charge in [0.15, 0.2) is 5.13 Å². The molecule has 4 heteroatoms. The standard InChI is InChI=1S/C15H15N3S/c1-3-16-15-17-9-14(19-15)12-8-10(2)18-13-7-5-4-6-11(12)13/h4-9H,3H2,1-2H3,(H,16,17). The maximum absolute atomic E-state index is 4.57. The fourth-order valence-electron chi connectivity index (χ4n) is 2.14. The lowest BCUT2D eigenvalue weighted by Crippen LogP contribution is -1.94. The molecule has 0 fully saturated rings. The third kappa shape index (κ3) is 2.31. The summed E-state index contributed by atoms with van der Waals surface area (Å²) in [5, 5.41) is 5.40. The molecule has 0 aliphatic heterocycles. The monoisotopic (exact) mass is 269 g/mol. The third-order valence-corrected chi connectivity index (χ3v) is 3.93. The van der Waals surface area contributed by atoms with Crippen LogP contribution in [0.2, 0.25) is 0 Å². The molecule has 0 saturated heterocycles. The molecule has 1 N–H and O–H groups in total. The minimum Gasteiger partial charge on any atom is -0.362 e. The molecule has 0 spiro atoms. The summed E-state index contributed by atoms with van der Waals surface area (Å²) < 4.78 is 0. The number of aryl methyl sites for hydroxylation is 1. The molecule has 2 aromatic heterocycles. The van der Waals surface area contributed by atoms with E-state index in [2.05, 4.69) is 46.5 Å². The first-order valence-corrected chi connectivity index (χ1v) is 7.16. The highest BCUT2D eigenvalue weighted by Crippen LogP contribution is 2.34. The maximum atomic E-state index is 4.57. The summed E-state index contributed by atoms with van der Waals surface area (Å²) in [4.78, 5) is 10.2. The number of aromatic nitrogens is 2. The molecule has 0 amide bonds. The predicted molar refractivity (Wildman–Crippen MR) is 81.8 cm³/mol. The van der Waals surface area contributed by atoms with E-state index in [4.69, 9.17) is 0 Å². The Kier molecular flexibility index (Phi) is 3.17. The Morgan fingerprint density at radius 1 is 1.26 bits per heavy atom. The minimum absolute atomic E-state index is 0.892. The topological polar surface area (TPSA) is 37.8 Å². The fourth-order valence-corrected chi connectivity index (χ4v) is 3.06. The number of para-hydroxylation sites is 1. The van der Waals surface area contributed by atoms with Gasteiger partial charge in [0.1, 0.15) is 0 Å². The van der Waals surface area contributed by atoms with Crippen molar-refractivity contribution in [3.8, 4) is 10.4 Å². The van der Waals surface area contributed by atoms with Crippen LogP contribution in [-0.4, -0.2) is 16.5 Å². The average Bonchev–Trinajstić information content (AvgIpc) is 2.86. The van der Waals surface area contributed by atoms with Crippen molar-refractivity contribution >= 4 is 27.4 Å². The lowest BCUT2D eigenvalue weighted by molar-refractivity contribution is 1.19. The van der Waals surface area contributed by atoms with Gasteiger partial charge in [-0.05, 0) is 26.0 Å². The van der Waals surface area contributed by atoms with Crippen molar-refractivity contribution in [1.82, 2.24) is 9.97 Å². The molecule has 3 aromatic rings. The molecule has 0 aliphatic rings. The Morgan fingerprint density at radius 2 is 2.11 bits per heavy atom.